The molecular weight excluding hydrogens is 240 g/mol. The fourth-order valence-electron chi connectivity index (χ4n) is 2.66. The van der Waals surface area contributed by atoms with E-state index in [9.17, 15) is 4.79 Å². The molecule has 2 unspecified atom stereocenters. The molecule has 0 aliphatic carbocycles. The smallest absolute Gasteiger partial charge is 0.256 e. The summed E-state index contributed by atoms with van der Waals surface area (Å²) in [5.74, 6) is 0.0601. The van der Waals surface area contributed by atoms with E-state index in [4.69, 9.17) is 4.74 Å². The molecule has 2 atom stereocenters. The number of hydrogen-bond donors (Lipinski definition) is 1. The van der Waals surface area contributed by atoms with Gasteiger partial charge < -0.3 is 15.0 Å². The number of benzene rings is 1. The van der Waals surface area contributed by atoms with Crippen molar-refractivity contribution in [3.05, 3.63) is 35.9 Å². The van der Waals surface area contributed by atoms with Crippen LogP contribution in [-0.2, 0) is 9.53 Å². The highest BCUT2D eigenvalue weighted by Crippen LogP contribution is 2.21. The highest BCUT2D eigenvalue weighted by molar-refractivity contribution is 5.82. The van der Waals surface area contributed by atoms with Crippen LogP contribution in [0, 0.1) is 0 Å². The van der Waals surface area contributed by atoms with Crippen LogP contribution in [-0.4, -0.2) is 43.6 Å². The van der Waals surface area contributed by atoms with Crippen LogP contribution < -0.4 is 5.32 Å². The van der Waals surface area contributed by atoms with Gasteiger partial charge in [0.05, 0.1) is 0 Å². The third-order valence-electron chi connectivity index (χ3n) is 3.66. The van der Waals surface area contributed by atoms with Gasteiger partial charge in [-0.2, -0.15) is 0 Å². The summed E-state index contributed by atoms with van der Waals surface area (Å²) in [5, 5.41) is 3.30. The highest BCUT2D eigenvalue weighted by atomic mass is 16.5. The fraction of sp³-hybridized carbons (Fsp3) is 0.533. The molecule has 1 aromatic rings. The lowest BCUT2D eigenvalue weighted by Crippen LogP contribution is -2.44. The van der Waals surface area contributed by atoms with E-state index in [1.807, 2.05) is 42.2 Å². The number of methoxy groups -OCH3 is 1. The molecule has 0 radical (unpaired) electrons. The van der Waals surface area contributed by atoms with Crippen molar-refractivity contribution in [3.8, 4) is 0 Å². The van der Waals surface area contributed by atoms with Gasteiger partial charge in [-0.25, -0.2) is 0 Å². The zero-order chi connectivity index (χ0) is 13.7. The fourth-order valence-corrected chi connectivity index (χ4v) is 2.66. The van der Waals surface area contributed by atoms with E-state index in [0.717, 1.165) is 31.6 Å². The van der Waals surface area contributed by atoms with E-state index in [2.05, 4.69) is 5.32 Å². The lowest BCUT2D eigenvalue weighted by atomic mass is 10.1. The molecule has 1 amide bonds. The minimum atomic E-state index is -0.498. The van der Waals surface area contributed by atoms with E-state index < -0.39 is 6.10 Å². The van der Waals surface area contributed by atoms with Gasteiger partial charge in [0, 0.05) is 26.2 Å². The van der Waals surface area contributed by atoms with Crippen LogP contribution in [0.3, 0.4) is 0 Å². The van der Waals surface area contributed by atoms with E-state index in [1.165, 1.54) is 0 Å². The molecule has 1 aliphatic rings. The van der Waals surface area contributed by atoms with Gasteiger partial charge in [0.15, 0.2) is 6.10 Å². The van der Waals surface area contributed by atoms with Crippen molar-refractivity contribution in [3.63, 3.8) is 0 Å². The number of ether oxygens (including phenoxy) is 1. The molecule has 1 aliphatic heterocycles. The van der Waals surface area contributed by atoms with Crippen molar-refractivity contribution >= 4 is 5.91 Å². The Bertz CT molecular complexity index is 402. The highest BCUT2D eigenvalue weighted by Gasteiger charge is 2.31. The van der Waals surface area contributed by atoms with Gasteiger partial charge in [0.1, 0.15) is 0 Å². The predicted octanol–water partition coefficient (Wildman–Crippen LogP) is 1.58. The number of rotatable bonds is 5. The Balaban J connectivity index is 2.15. The molecule has 1 N–H and O–H groups in total. The molecule has 0 bridgehead atoms. The zero-order valence-electron chi connectivity index (χ0n) is 11.6. The Morgan fingerprint density at radius 3 is 2.74 bits per heavy atom. The number of amides is 1. The summed E-state index contributed by atoms with van der Waals surface area (Å²) in [6, 6.07) is 9.97. The van der Waals surface area contributed by atoms with Crippen LogP contribution in [0.5, 0.6) is 0 Å². The summed E-state index contributed by atoms with van der Waals surface area (Å²) in [5.41, 5.74) is 0.916. The van der Waals surface area contributed by atoms with Crippen LogP contribution in [0.1, 0.15) is 25.0 Å². The molecule has 104 valence electrons. The maximum Gasteiger partial charge on any atom is 0.256 e. The molecule has 2 rings (SSSR count). The zero-order valence-corrected chi connectivity index (χ0v) is 11.6. The second-order valence-corrected chi connectivity index (χ2v) is 4.80. The average Bonchev–Trinajstić information content (AvgIpc) is 2.96. The molecule has 0 aromatic heterocycles. The first kappa shape index (κ1) is 14.0. The second kappa shape index (κ2) is 6.68. The quantitative estimate of drug-likeness (QED) is 0.876. The lowest BCUT2D eigenvalue weighted by Gasteiger charge is -2.30. The van der Waals surface area contributed by atoms with Gasteiger partial charge in [-0.05, 0) is 25.5 Å². The van der Waals surface area contributed by atoms with Crippen molar-refractivity contribution in [2.45, 2.75) is 25.5 Å². The average molecular weight is 262 g/mol. The SMILES string of the molecule is CCN(C(=O)C(OC)c1ccccc1)C1CCNC1. The van der Waals surface area contributed by atoms with Gasteiger partial charge in [-0.15, -0.1) is 0 Å². The molecule has 0 saturated carbocycles. The molecule has 0 spiro atoms. The van der Waals surface area contributed by atoms with Gasteiger partial charge in [-0.1, -0.05) is 30.3 Å². The molecule has 4 heteroatoms. The van der Waals surface area contributed by atoms with Crippen molar-refractivity contribution < 1.29 is 9.53 Å². The normalized spacial score (nSPS) is 20.2. The molecule has 1 saturated heterocycles. The van der Waals surface area contributed by atoms with Crippen molar-refractivity contribution in [2.75, 3.05) is 26.7 Å². The molecule has 4 nitrogen and oxygen atoms in total. The van der Waals surface area contributed by atoms with Crippen LogP contribution in [0.4, 0.5) is 0 Å². The maximum absolute atomic E-state index is 12.7. The Labute approximate surface area is 114 Å². The Morgan fingerprint density at radius 1 is 1.47 bits per heavy atom. The first-order valence-electron chi connectivity index (χ1n) is 6.86. The van der Waals surface area contributed by atoms with E-state index >= 15 is 0 Å². The third-order valence-corrected chi connectivity index (χ3v) is 3.66. The number of carbonyl (C=O) groups excluding carboxylic acids is 1. The van der Waals surface area contributed by atoms with E-state index in [1.54, 1.807) is 7.11 Å². The monoisotopic (exact) mass is 262 g/mol. The molecule has 1 aromatic carbocycles. The number of hydrogen-bond acceptors (Lipinski definition) is 3. The van der Waals surface area contributed by atoms with Crippen molar-refractivity contribution in [2.24, 2.45) is 0 Å². The summed E-state index contributed by atoms with van der Waals surface area (Å²) < 4.78 is 5.43. The van der Waals surface area contributed by atoms with Crippen molar-refractivity contribution in [1.29, 1.82) is 0 Å². The standard InChI is InChI=1S/C15H22N2O2/c1-3-17(13-9-10-16-11-13)15(18)14(19-2)12-7-5-4-6-8-12/h4-8,13-14,16H,3,9-11H2,1-2H3. The van der Waals surface area contributed by atoms with E-state index in [0.29, 0.717) is 6.04 Å². The topological polar surface area (TPSA) is 41.6 Å². The maximum atomic E-state index is 12.7. The minimum absolute atomic E-state index is 0.0601. The van der Waals surface area contributed by atoms with E-state index in [-0.39, 0.29) is 5.91 Å². The number of nitrogens with one attached hydrogen (secondary N) is 1. The van der Waals surface area contributed by atoms with Gasteiger partial charge in [-0.3, -0.25) is 4.79 Å². The molecule has 1 heterocycles. The Hall–Kier alpha value is -1.39. The Morgan fingerprint density at radius 2 is 2.21 bits per heavy atom. The van der Waals surface area contributed by atoms with Gasteiger partial charge >= 0.3 is 0 Å². The lowest BCUT2D eigenvalue weighted by molar-refractivity contribution is -0.144. The third kappa shape index (κ3) is 3.14. The summed E-state index contributed by atoms with van der Waals surface area (Å²) in [6.07, 6.45) is 0.520. The second-order valence-electron chi connectivity index (χ2n) is 4.80. The predicted molar refractivity (Wildman–Crippen MR) is 74.9 cm³/mol. The largest absolute Gasteiger partial charge is 0.367 e. The van der Waals surface area contributed by atoms with Crippen molar-refractivity contribution in [1.82, 2.24) is 10.2 Å². The first-order chi connectivity index (χ1) is 9.27. The molecule has 19 heavy (non-hydrogen) atoms. The number of carbonyl (C=O) groups is 1. The molecule has 1 fully saturated rings. The number of nitrogens with zero attached hydrogens (tertiary/aromatic N) is 1. The van der Waals surface area contributed by atoms with Crippen LogP contribution in [0.15, 0.2) is 30.3 Å². The summed E-state index contributed by atoms with van der Waals surface area (Å²) in [7, 11) is 1.59. The van der Waals surface area contributed by atoms with Gasteiger partial charge in [0.2, 0.25) is 0 Å². The van der Waals surface area contributed by atoms with Crippen LogP contribution in [0.25, 0.3) is 0 Å². The minimum Gasteiger partial charge on any atom is -0.367 e. The van der Waals surface area contributed by atoms with Crippen LogP contribution >= 0.6 is 0 Å². The summed E-state index contributed by atoms with van der Waals surface area (Å²) >= 11 is 0. The van der Waals surface area contributed by atoms with Gasteiger partial charge in [0.25, 0.3) is 5.91 Å². The first-order valence-corrected chi connectivity index (χ1v) is 6.86. The summed E-state index contributed by atoms with van der Waals surface area (Å²) in [6.45, 7) is 4.61. The Kier molecular flexibility index (Phi) is 4.93. The van der Waals surface area contributed by atoms with Crippen LogP contribution in [0.2, 0.25) is 0 Å². The molecular formula is C15H22N2O2. The number of likely N-dealkylation sites (N-methyl/N-ethyl adjacent to an activating group) is 1. The summed E-state index contributed by atoms with van der Waals surface area (Å²) in [4.78, 5) is 14.6.